The number of rotatable bonds is 7. The molecule has 0 spiro atoms. The number of ether oxygens (including phenoxy) is 2. The number of pyridine rings is 1. The highest BCUT2D eigenvalue weighted by atomic mass is 16.5. The number of nitrogens with one attached hydrogen (secondary N) is 2. The molecular formula is C32H37N3O4. The molecule has 1 fully saturated rings. The molecule has 7 nitrogen and oxygen atoms in total. The predicted molar refractivity (Wildman–Crippen MR) is 158 cm³/mol. The number of para-hydroxylation sites is 1. The summed E-state index contributed by atoms with van der Waals surface area (Å²) in [5, 5.41) is 6.55. The molecule has 1 heterocycles. The topological polar surface area (TPSA) is 89.5 Å². The van der Waals surface area contributed by atoms with Gasteiger partial charge in [-0.15, -0.1) is 0 Å². The van der Waals surface area contributed by atoms with Gasteiger partial charge >= 0.3 is 0 Å². The fraction of sp³-hybridized carbons (Fsp3) is 0.281. The van der Waals surface area contributed by atoms with Gasteiger partial charge in [0.15, 0.2) is 0 Å². The van der Waals surface area contributed by atoms with Crippen LogP contribution in [-0.4, -0.2) is 23.9 Å². The van der Waals surface area contributed by atoms with E-state index in [1.165, 1.54) is 0 Å². The molecule has 0 atom stereocenters. The van der Waals surface area contributed by atoms with E-state index in [1.54, 1.807) is 55.8 Å². The summed E-state index contributed by atoms with van der Waals surface area (Å²) in [6.45, 7) is 9.97. The highest BCUT2D eigenvalue weighted by Gasteiger charge is 2.56. The lowest BCUT2D eigenvalue weighted by atomic mass is 10.0. The molecule has 2 amide bonds. The normalized spacial score (nSPS) is 12.6. The minimum absolute atomic E-state index is 0.281. The summed E-state index contributed by atoms with van der Waals surface area (Å²) < 4.78 is 11.5. The van der Waals surface area contributed by atoms with Crippen molar-refractivity contribution in [2.24, 2.45) is 5.41 Å². The molecule has 0 aliphatic heterocycles. The number of nitrogens with zero attached hydrogens (tertiary/aromatic N) is 1. The summed E-state index contributed by atoms with van der Waals surface area (Å²) in [4.78, 5) is 30.1. The number of fused-ring (bicyclic) bond motifs is 1. The molecule has 1 aromatic heterocycles. The van der Waals surface area contributed by atoms with E-state index in [0.717, 1.165) is 22.2 Å². The first-order valence-electron chi connectivity index (χ1n) is 13.4. The smallest absolute Gasteiger partial charge is 0.240 e. The van der Waals surface area contributed by atoms with Gasteiger partial charge in [0.2, 0.25) is 11.8 Å². The van der Waals surface area contributed by atoms with Crippen molar-refractivity contribution in [1.82, 2.24) is 4.98 Å². The van der Waals surface area contributed by atoms with E-state index in [4.69, 9.17) is 9.47 Å². The van der Waals surface area contributed by atoms with Crippen molar-refractivity contribution in [3.05, 3.63) is 84.6 Å². The molecule has 1 aliphatic carbocycles. The Bertz CT molecular complexity index is 1400. The zero-order chi connectivity index (χ0) is 28.4. The van der Waals surface area contributed by atoms with Crippen LogP contribution in [0.3, 0.4) is 0 Å². The Morgan fingerprint density at radius 1 is 0.795 bits per heavy atom. The molecule has 204 valence electrons. The van der Waals surface area contributed by atoms with E-state index in [2.05, 4.69) is 15.6 Å². The second kappa shape index (κ2) is 13.4. The lowest BCUT2D eigenvalue weighted by Gasteiger charge is -2.16. The highest BCUT2D eigenvalue weighted by molar-refractivity contribution is 6.16. The standard InChI is InChI=1S/C28H25N3O4.2C2H6/c1-18-16-23-22(17-25(18)34-2)24(12-15-29-23)35-21-10-8-20(9-11-21)31-27(33)28(13-14-28)26(32)30-19-6-4-3-5-7-19;2*1-2/h3-12,15-17H,13-14H2,1-2H3,(H,30,32)(H,31,33);2*1-2H3. The van der Waals surface area contributed by atoms with Crippen molar-refractivity contribution in [2.45, 2.75) is 47.5 Å². The Balaban J connectivity index is 0.00000100. The molecule has 1 aliphatic rings. The Hall–Kier alpha value is -4.39. The Morgan fingerprint density at radius 2 is 1.38 bits per heavy atom. The van der Waals surface area contributed by atoms with Crippen molar-refractivity contribution >= 4 is 34.1 Å². The second-order valence-electron chi connectivity index (χ2n) is 8.63. The molecule has 4 aromatic rings. The first-order valence-corrected chi connectivity index (χ1v) is 13.4. The summed E-state index contributed by atoms with van der Waals surface area (Å²) in [5.41, 5.74) is 2.05. The van der Waals surface area contributed by atoms with Crippen LogP contribution in [0.5, 0.6) is 17.2 Å². The third-order valence-corrected chi connectivity index (χ3v) is 6.21. The lowest BCUT2D eigenvalue weighted by Crippen LogP contribution is -2.35. The van der Waals surface area contributed by atoms with Gasteiger partial charge in [-0.1, -0.05) is 45.9 Å². The number of hydrogen-bond acceptors (Lipinski definition) is 5. The van der Waals surface area contributed by atoms with Gasteiger partial charge in [0.05, 0.1) is 12.6 Å². The van der Waals surface area contributed by atoms with Crippen LogP contribution in [0.4, 0.5) is 11.4 Å². The minimum Gasteiger partial charge on any atom is -0.496 e. The monoisotopic (exact) mass is 527 g/mol. The fourth-order valence-electron chi connectivity index (χ4n) is 4.00. The number of anilines is 2. The van der Waals surface area contributed by atoms with Crippen molar-refractivity contribution in [2.75, 3.05) is 17.7 Å². The maximum atomic E-state index is 12.9. The third-order valence-electron chi connectivity index (χ3n) is 6.21. The van der Waals surface area contributed by atoms with Crippen molar-refractivity contribution in [1.29, 1.82) is 0 Å². The first kappa shape index (κ1) is 29.2. The number of hydrogen-bond donors (Lipinski definition) is 2. The molecule has 7 heteroatoms. The van der Waals surface area contributed by atoms with Crippen molar-refractivity contribution in [3.8, 4) is 17.2 Å². The van der Waals surface area contributed by atoms with Crippen LogP contribution in [-0.2, 0) is 9.59 Å². The van der Waals surface area contributed by atoms with Crippen molar-refractivity contribution in [3.63, 3.8) is 0 Å². The van der Waals surface area contributed by atoms with Gasteiger partial charge in [0.1, 0.15) is 22.7 Å². The number of methoxy groups -OCH3 is 1. The zero-order valence-electron chi connectivity index (χ0n) is 23.5. The van der Waals surface area contributed by atoms with Gasteiger partial charge in [-0.2, -0.15) is 0 Å². The van der Waals surface area contributed by atoms with Crippen LogP contribution in [0.15, 0.2) is 79.0 Å². The van der Waals surface area contributed by atoms with Crippen LogP contribution in [0.25, 0.3) is 10.9 Å². The van der Waals surface area contributed by atoms with Gasteiger partial charge < -0.3 is 20.1 Å². The summed E-state index contributed by atoms with van der Waals surface area (Å²) in [7, 11) is 1.63. The van der Waals surface area contributed by atoms with Crippen LogP contribution in [0, 0.1) is 12.3 Å². The average Bonchev–Trinajstić information content (AvgIpc) is 3.79. The number of aromatic nitrogens is 1. The van der Waals surface area contributed by atoms with Crippen molar-refractivity contribution < 1.29 is 19.1 Å². The van der Waals surface area contributed by atoms with Gasteiger partial charge in [-0.05, 0) is 79.9 Å². The molecule has 2 N–H and O–H groups in total. The predicted octanol–water partition coefficient (Wildman–Crippen LogP) is 7.75. The van der Waals surface area contributed by atoms with Crippen LogP contribution in [0.1, 0.15) is 46.1 Å². The van der Waals surface area contributed by atoms with E-state index in [9.17, 15) is 9.59 Å². The van der Waals surface area contributed by atoms with Gasteiger partial charge in [0, 0.05) is 23.0 Å². The van der Waals surface area contributed by atoms with E-state index < -0.39 is 5.41 Å². The number of benzene rings is 3. The summed E-state index contributed by atoms with van der Waals surface area (Å²) >= 11 is 0. The maximum Gasteiger partial charge on any atom is 0.240 e. The van der Waals surface area contributed by atoms with Gasteiger partial charge in [-0.25, -0.2) is 0 Å². The second-order valence-corrected chi connectivity index (χ2v) is 8.63. The summed E-state index contributed by atoms with van der Waals surface area (Å²) in [6, 6.07) is 21.9. The minimum atomic E-state index is -1.03. The van der Waals surface area contributed by atoms with Gasteiger partial charge in [0.25, 0.3) is 0 Å². The number of carbonyl (C=O) groups is 2. The zero-order valence-corrected chi connectivity index (χ0v) is 23.5. The van der Waals surface area contributed by atoms with E-state index in [-0.39, 0.29) is 11.8 Å². The maximum absolute atomic E-state index is 12.9. The van der Waals surface area contributed by atoms with E-state index in [1.807, 2.05) is 65.0 Å². The SMILES string of the molecule is CC.CC.COc1cc2c(Oc3ccc(NC(=O)C4(C(=O)Nc5ccccc5)CC4)cc3)ccnc2cc1C. The molecule has 5 rings (SSSR count). The van der Waals surface area contributed by atoms with Crippen LogP contribution >= 0.6 is 0 Å². The first-order chi connectivity index (χ1) is 19.0. The Morgan fingerprint density at radius 3 is 1.95 bits per heavy atom. The van der Waals surface area contributed by atoms with E-state index >= 15 is 0 Å². The molecule has 1 saturated carbocycles. The molecule has 0 bridgehead atoms. The number of carbonyl (C=O) groups excluding carboxylic acids is 2. The third kappa shape index (κ3) is 6.74. The quantitative estimate of drug-likeness (QED) is 0.240. The molecule has 3 aromatic carbocycles. The number of amides is 2. The summed E-state index contributed by atoms with van der Waals surface area (Å²) in [6.07, 6.45) is 2.75. The van der Waals surface area contributed by atoms with Crippen LogP contribution < -0.4 is 20.1 Å². The fourth-order valence-corrected chi connectivity index (χ4v) is 4.00. The average molecular weight is 528 g/mol. The molecule has 39 heavy (non-hydrogen) atoms. The molecule has 0 saturated heterocycles. The lowest BCUT2D eigenvalue weighted by molar-refractivity contribution is -0.131. The largest absolute Gasteiger partial charge is 0.496 e. The molecule has 0 radical (unpaired) electrons. The molecule has 0 unspecified atom stereocenters. The van der Waals surface area contributed by atoms with Crippen LogP contribution in [0.2, 0.25) is 0 Å². The number of aryl methyl sites for hydroxylation is 1. The highest BCUT2D eigenvalue weighted by Crippen LogP contribution is 2.47. The Labute approximate surface area is 230 Å². The Kier molecular flexibility index (Phi) is 10.0. The summed E-state index contributed by atoms with van der Waals surface area (Å²) in [5.74, 6) is 1.44. The molecular weight excluding hydrogens is 490 g/mol. The van der Waals surface area contributed by atoms with E-state index in [0.29, 0.717) is 35.7 Å². The van der Waals surface area contributed by atoms with Gasteiger partial charge in [-0.3, -0.25) is 14.6 Å².